The van der Waals surface area contributed by atoms with E-state index in [2.05, 4.69) is 4.98 Å². The van der Waals surface area contributed by atoms with Crippen LogP contribution in [0, 0.1) is 11.6 Å². The number of aromatic amines is 1. The van der Waals surface area contributed by atoms with Gasteiger partial charge in [-0.2, -0.15) is 0 Å². The maximum atomic E-state index is 13.2. The molecule has 0 amide bonds. The van der Waals surface area contributed by atoms with E-state index in [0.717, 1.165) is 6.07 Å². The van der Waals surface area contributed by atoms with Crippen molar-refractivity contribution in [2.24, 2.45) is 0 Å². The fourth-order valence-corrected chi connectivity index (χ4v) is 1.30. The minimum absolute atomic E-state index is 0.255. The van der Waals surface area contributed by atoms with Gasteiger partial charge in [0.2, 0.25) is 0 Å². The fourth-order valence-electron chi connectivity index (χ4n) is 1.30. The third-order valence-corrected chi connectivity index (χ3v) is 2.06. The summed E-state index contributed by atoms with van der Waals surface area (Å²) in [6, 6.07) is 5.04. The molecule has 2 nitrogen and oxygen atoms in total. The van der Waals surface area contributed by atoms with E-state index < -0.39 is 17.4 Å². The molecule has 0 spiro atoms. The standard InChI is InChI=1S/C11H7F2NO/c12-9-3-1-2-8(10(9)13)11(15)7-4-5-14-6-7/h1-6,14H. The predicted molar refractivity (Wildman–Crippen MR) is 50.6 cm³/mol. The SMILES string of the molecule is O=C(c1cc[nH]c1)c1cccc(F)c1F. The molecule has 2 rings (SSSR count). The summed E-state index contributed by atoms with van der Waals surface area (Å²) in [7, 11) is 0. The van der Waals surface area contributed by atoms with Gasteiger partial charge in [0.25, 0.3) is 0 Å². The minimum atomic E-state index is -1.11. The highest BCUT2D eigenvalue weighted by Crippen LogP contribution is 2.15. The van der Waals surface area contributed by atoms with Gasteiger partial charge in [-0.15, -0.1) is 0 Å². The molecule has 0 saturated carbocycles. The number of rotatable bonds is 2. The van der Waals surface area contributed by atoms with Gasteiger partial charge in [0.05, 0.1) is 5.56 Å². The number of halogens is 2. The van der Waals surface area contributed by atoms with E-state index in [1.54, 1.807) is 6.20 Å². The summed E-state index contributed by atoms with van der Waals surface area (Å²) in [5.74, 6) is -2.66. The Hall–Kier alpha value is -1.97. The Balaban J connectivity index is 2.47. The van der Waals surface area contributed by atoms with Gasteiger partial charge >= 0.3 is 0 Å². The number of hydrogen-bond donors (Lipinski definition) is 1. The quantitative estimate of drug-likeness (QED) is 0.754. The first kappa shape index (κ1) is 9.58. The first-order valence-corrected chi connectivity index (χ1v) is 4.31. The lowest BCUT2D eigenvalue weighted by atomic mass is 10.1. The van der Waals surface area contributed by atoms with Crippen LogP contribution in [0.15, 0.2) is 36.7 Å². The highest BCUT2D eigenvalue weighted by atomic mass is 19.2. The molecule has 1 heterocycles. The topological polar surface area (TPSA) is 32.9 Å². The number of aromatic nitrogens is 1. The molecule has 0 fully saturated rings. The zero-order valence-corrected chi connectivity index (χ0v) is 7.63. The van der Waals surface area contributed by atoms with Gasteiger partial charge in [-0.25, -0.2) is 8.78 Å². The number of H-pyrrole nitrogens is 1. The minimum Gasteiger partial charge on any atom is -0.367 e. The van der Waals surface area contributed by atoms with E-state index >= 15 is 0 Å². The Labute approximate surface area is 84.6 Å². The molecule has 0 unspecified atom stereocenters. The van der Waals surface area contributed by atoms with E-state index in [1.165, 1.54) is 24.4 Å². The molecule has 1 N–H and O–H groups in total. The van der Waals surface area contributed by atoms with E-state index in [-0.39, 0.29) is 5.56 Å². The fraction of sp³-hybridized carbons (Fsp3) is 0. The molecule has 0 aliphatic rings. The lowest BCUT2D eigenvalue weighted by Crippen LogP contribution is -2.04. The lowest BCUT2D eigenvalue weighted by molar-refractivity contribution is 0.103. The molecule has 0 atom stereocenters. The van der Waals surface area contributed by atoms with Crippen molar-refractivity contribution in [1.82, 2.24) is 4.98 Å². The maximum absolute atomic E-state index is 13.2. The average Bonchev–Trinajstić information content (AvgIpc) is 2.74. The summed E-state index contributed by atoms with van der Waals surface area (Å²) in [5, 5.41) is 0. The first-order chi connectivity index (χ1) is 7.20. The third kappa shape index (κ3) is 1.66. The van der Waals surface area contributed by atoms with Gasteiger partial charge in [0.1, 0.15) is 0 Å². The van der Waals surface area contributed by atoms with E-state index in [9.17, 15) is 13.6 Å². The predicted octanol–water partition coefficient (Wildman–Crippen LogP) is 2.52. The van der Waals surface area contributed by atoms with Crippen LogP contribution in [0.4, 0.5) is 8.78 Å². The number of hydrogen-bond acceptors (Lipinski definition) is 1. The molecule has 4 heteroatoms. The van der Waals surface area contributed by atoms with Crippen molar-refractivity contribution in [3.63, 3.8) is 0 Å². The van der Waals surface area contributed by atoms with Crippen LogP contribution in [0.3, 0.4) is 0 Å². The summed E-state index contributed by atoms with van der Waals surface area (Å²) in [4.78, 5) is 14.3. The zero-order chi connectivity index (χ0) is 10.8. The molecular weight excluding hydrogens is 200 g/mol. The molecular formula is C11H7F2NO. The normalized spacial score (nSPS) is 10.3. The second-order valence-corrected chi connectivity index (χ2v) is 3.03. The number of carbonyl (C=O) groups is 1. The number of nitrogens with one attached hydrogen (secondary N) is 1. The van der Waals surface area contributed by atoms with Gasteiger partial charge in [-0.05, 0) is 18.2 Å². The number of benzene rings is 1. The Morgan fingerprint density at radius 2 is 2.00 bits per heavy atom. The van der Waals surface area contributed by atoms with Gasteiger partial charge < -0.3 is 4.98 Å². The molecule has 0 saturated heterocycles. The van der Waals surface area contributed by atoms with Crippen LogP contribution >= 0.6 is 0 Å². The van der Waals surface area contributed by atoms with Crippen molar-refractivity contribution in [3.05, 3.63) is 59.4 Å². The summed E-state index contributed by atoms with van der Waals surface area (Å²) < 4.78 is 26.1. The second kappa shape index (κ2) is 3.65. The van der Waals surface area contributed by atoms with Crippen LogP contribution in [-0.2, 0) is 0 Å². The largest absolute Gasteiger partial charge is 0.367 e. The summed E-state index contributed by atoms with van der Waals surface area (Å²) in [6.45, 7) is 0. The van der Waals surface area contributed by atoms with Crippen LogP contribution in [0.25, 0.3) is 0 Å². The molecule has 1 aromatic heterocycles. The van der Waals surface area contributed by atoms with Crippen molar-refractivity contribution < 1.29 is 13.6 Å². The summed E-state index contributed by atoms with van der Waals surface area (Å²) in [5.41, 5.74) is 0.0501. The highest BCUT2D eigenvalue weighted by Gasteiger charge is 2.16. The van der Waals surface area contributed by atoms with E-state index in [0.29, 0.717) is 5.56 Å². The van der Waals surface area contributed by atoms with Crippen LogP contribution in [0.1, 0.15) is 15.9 Å². The third-order valence-electron chi connectivity index (χ3n) is 2.06. The molecule has 0 aliphatic carbocycles. The molecule has 0 aliphatic heterocycles. The van der Waals surface area contributed by atoms with Crippen LogP contribution in [0.5, 0.6) is 0 Å². The highest BCUT2D eigenvalue weighted by molar-refractivity contribution is 6.09. The van der Waals surface area contributed by atoms with E-state index in [4.69, 9.17) is 0 Å². The molecule has 15 heavy (non-hydrogen) atoms. The van der Waals surface area contributed by atoms with Crippen molar-refractivity contribution in [2.45, 2.75) is 0 Å². The number of carbonyl (C=O) groups excluding carboxylic acids is 1. The Bertz CT molecular complexity index is 491. The molecule has 2 aromatic rings. The van der Waals surface area contributed by atoms with Crippen molar-refractivity contribution >= 4 is 5.78 Å². The zero-order valence-electron chi connectivity index (χ0n) is 7.63. The Kier molecular flexibility index (Phi) is 2.33. The molecule has 0 bridgehead atoms. The van der Waals surface area contributed by atoms with Gasteiger partial charge in [-0.1, -0.05) is 6.07 Å². The molecule has 1 aromatic carbocycles. The Morgan fingerprint density at radius 1 is 1.20 bits per heavy atom. The smallest absolute Gasteiger partial charge is 0.197 e. The average molecular weight is 207 g/mol. The molecule has 0 radical (unpaired) electrons. The summed E-state index contributed by atoms with van der Waals surface area (Å²) >= 11 is 0. The monoisotopic (exact) mass is 207 g/mol. The molecule has 76 valence electrons. The van der Waals surface area contributed by atoms with Crippen LogP contribution in [0.2, 0.25) is 0 Å². The first-order valence-electron chi connectivity index (χ1n) is 4.31. The van der Waals surface area contributed by atoms with Crippen molar-refractivity contribution in [2.75, 3.05) is 0 Å². The second-order valence-electron chi connectivity index (χ2n) is 3.03. The van der Waals surface area contributed by atoms with Crippen LogP contribution < -0.4 is 0 Å². The van der Waals surface area contributed by atoms with Crippen molar-refractivity contribution in [3.8, 4) is 0 Å². The van der Waals surface area contributed by atoms with Gasteiger partial charge in [0.15, 0.2) is 17.4 Å². The lowest BCUT2D eigenvalue weighted by Gasteiger charge is -2.00. The van der Waals surface area contributed by atoms with Crippen molar-refractivity contribution in [1.29, 1.82) is 0 Å². The Morgan fingerprint density at radius 3 is 2.67 bits per heavy atom. The summed E-state index contributed by atoms with van der Waals surface area (Å²) in [6.07, 6.45) is 2.98. The van der Waals surface area contributed by atoms with Gasteiger partial charge in [0, 0.05) is 18.0 Å². The maximum Gasteiger partial charge on any atom is 0.197 e. The van der Waals surface area contributed by atoms with Crippen LogP contribution in [-0.4, -0.2) is 10.8 Å². The number of ketones is 1. The van der Waals surface area contributed by atoms with E-state index in [1.807, 2.05) is 0 Å². The van der Waals surface area contributed by atoms with Gasteiger partial charge in [-0.3, -0.25) is 4.79 Å².